The van der Waals surface area contributed by atoms with Gasteiger partial charge in [-0.1, -0.05) is 42.5 Å². The number of phenols is 1. The Morgan fingerprint density at radius 1 is 1.06 bits per heavy atom. The van der Waals surface area contributed by atoms with Gasteiger partial charge < -0.3 is 24.8 Å². The van der Waals surface area contributed by atoms with Gasteiger partial charge in [0.25, 0.3) is 5.91 Å². The van der Waals surface area contributed by atoms with Crippen LogP contribution in [0, 0.1) is 0 Å². The number of phenolic OH excluding ortho intramolecular Hbond substituents is 1. The van der Waals surface area contributed by atoms with Gasteiger partial charge >= 0.3 is 0 Å². The summed E-state index contributed by atoms with van der Waals surface area (Å²) in [5.74, 6) is 0.178. The van der Waals surface area contributed by atoms with E-state index in [-0.39, 0.29) is 23.1 Å². The molecule has 1 aliphatic rings. The number of rotatable bonds is 8. The zero-order valence-corrected chi connectivity index (χ0v) is 18.6. The van der Waals surface area contributed by atoms with Crippen LogP contribution in [0.3, 0.4) is 0 Å². The molecule has 1 heterocycles. The minimum Gasteiger partial charge on any atom is -0.506 e. The second-order valence-corrected chi connectivity index (χ2v) is 8.04. The number of aromatic hydroxyl groups is 1. The summed E-state index contributed by atoms with van der Waals surface area (Å²) in [6, 6.07) is 17.7. The van der Waals surface area contributed by atoms with E-state index in [4.69, 9.17) is 9.47 Å². The minimum atomic E-state index is -0.556. The Bertz CT molecular complexity index is 1130. The molecule has 1 fully saturated rings. The topological polar surface area (TPSA) is 88.1 Å². The number of methoxy groups -OCH3 is 1. The summed E-state index contributed by atoms with van der Waals surface area (Å²) in [5.41, 5.74) is 1.16. The Morgan fingerprint density at radius 3 is 2.64 bits per heavy atom. The number of hydrogen-bond acceptors (Lipinski definition) is 5. The van der Waals surface area contributed by atoms with Crippen molar-refractivity contribution in [1.29, 1.82) is 0 Å². The second kappa shape index (κ2) is 10.4. The summed E-state index contributed by atoms with van der Waals surface area (Å²) >= 11 is 0. The lowest BCUT2D eigenvalue weighted by molar-refractivity contribution is -0.125. The molecule has 4 rings (SSSR count). The number of ether oxygens (including phenoxy) is 2. The summed E-state index contributed by atoms with van der Waals surface area (Å²) in [6.45, 7) is 1.84. The Balaban J connectivity index is 1.39. The molecule has 2 N–H and O–H groups in total. The van der Waals surface area contributed by atoms with E-state index < -0.39 is 6.04 Å². The maximum atomic E-state index is 13.2. The van der Waals surface area contributed by atoms with Crippen LogP contribution in [0.2, 0.25) is 0 Å². The highest BCUT2D eigenvalue weighted by molar-refractivity contribution is 6.05. The van der Waals surface area contributed by atoms with Crippen molar-refractivity contribution in [2.75, 3.05) is 26.9 Å². The Hall–Kier alpha value is -3.58. The molecule has 7 heteroatoms. The zero-order chi connectivity index (χ0) is 23.2. The second-order valence-electron chi connectivity index (χ2n) is 8.04. The van der Waals surface area contributed by atoms with Crippen molar-refractivity contribution in [3.63, 3.8) is 0 Å². The van der Waals surface area contributed by atoms with Crippen LogP contribution in [0.25, 0.3) is 10.8 Å². The van der Waals surface area contributed by atoms with Gasteiger partial charge in [0.2, 0.25) is 5.91 Å². The molecule has 0 saturated carbocycles. The smallest absolute Gasteiger partial charge is 0.258 e. The van der Waals surface area contributed by atoms with Crippen LogP contribution in [0.15, 0.2) is 60.7 Å². The van der Waals surface area contributed by atoms with Gasteiger partial charge in [-0.05, 0) is 42.0 Å². The lowest BCUT2D eigenvalue weighted by Gasteiger charge is -2.24. The third-order valence-corrected chi connectivity index (χ3v) is 5.89. The normalized spacial score (nSPS) is 15.5. The average Bonchev–Trinajstić information content (AvgIpc) is 3.34. The van der Waals surface area contributed by atoms with Crippen LogP contribution in [0.5, 0.6) is 11.5 Å². The average molecular weight is 449 g/mol. The zero-order valence-electron chi connectivity index (χ0n) is 18.6. The highest BCUT2D eigenvalue weighted by atomic mass is 16.5. The fourth-order valence-corrected chi connectivity index (χ4v) is 4.12. The maximum Gasteiger partial charge on any atom is 0.258 e. The van der Waals surface area contributed by atoms with E-state index >= 15 is 0 Å². The number of likely N-dealkylation sites (tertiary alicyclic amines) is 1. The van der Waals surface area contributed by atoms with Crippen molar-refractivity contribution in [2.24, 2.45) is 0 Å². The van der Waals surface area contributed by atoms with Gasteiger partial charge in [0.1, 0.15) is 24.1 Å². The third-order valence-electron chi connectivity index (χ3n) is 5.89. The molecule has 0 aromatic heterocycles. The third kappa shape index (κ3) is 5.09. The quantitative estimate of drug-likeness (QED) is 0.515. The van der Waals surface area contributed by atoms with Gasteiger partial charge in [0.15, 0.2) is 0 Å². The fourth-order valence-electron chi connectivity index (χ4n) is 4.12. The molecule has 172 valence electrons. The van der Waals surface area contributed by atoms with Gasteiger partial charge in [0, 0.05) is 25.6 Å². The summed E-state index contributed by atoms with van der Waals surface area (Å²) in [7, 11) is 1.62. The van der Waals surface area contributed by atoms with Gasteiger partial charge in [-0.2, -0.15) is 0 Å². The molecule has 7 nitrogen and oxygen atoms in total. The SMILES string of the molecule is COCCOc1ccc(CNC(=O)C2CCCN2C(=O)c2ccc3ccccc3c2O)cc1. The van der Waals surface area contributed by atoms with Crippen molar-refractivity contribution in [3.8, 4) is 11.5 Å². The molecule has 1 aliphatic heterocycles. The van der Waals surface area contributed by atoms with Crippen molar-refractivity contribution < 1.29 is 24.2 Å². The number of hydrogen-bond donors (Lipinski definition) is 2. The Kier molecular flexibility index (Phi) is 7.10. The highest BCUT2D eigenvalue weighted by Gasteiger charge is 2.35. The van der Waals surface area contributed by atoms with E-state index in [9.17, 15) is 14.7 Å². The molecule has 1 unspecified atom stereocenters. The molecule has 0 bridgehead atoms. The summed E-state index contributed by atoms with van der Waals surface area (Å²) < 4.78 is 10.5. The van der Waals surface area contributed by atoms with Crippen LogP contribution in [0.4, 0.5) is 0 Å². The van der Waals surface area contributed by atoms with Crippen LogP contribution in [0.1, 0.15) is 28.8 Å². The van der Waals surface area contributed by atoms with E-state index in [0.29, 0.717) is 38.1 Å². The van der Waals surface area contributed by atoms with Gasteiger partial charge in [0.05, 0.1) is 12.2 Å². The van der Waals surface area contributed by atoms with E-state index in [0.717, 1.165) is 23.1 Å². The molecule has 1 saturated heterocycles. The van der Waals surface area contributed by atoms with Crippen LogP contribution < -0.4 is 10.1 Å². The number of amides is 2. The number of nitrogens with zero attached hydrogens (tertiary/aromatic N) is 1. The van der Waals surface area contributed by atoms with Crippen molar-refractivity contribution >= 4 is 22.6 Å². The standard InChI is InChI=1S/C26H28N2O5/c1-32-15-16-33-20-11-8-18(9-12-20)17-27-25(30)23-7-4-14-28(23)26(31)22-13-10-19-5-2-3-6-21(19)24(22)29/h2-3,5-6,8-13,23,29H,4,7,14-17H2,1H3,(H,27,30). The van der Waals surface area contributed by atoms with Crippen molar-refractivity contribution in [1.82, 2.24) is 10.2 Å². The minimum absolute atomic E-state index is 0.0445. The van der Waals surface area contributed by atoms with E-state index in [1.807, 2.05) is 48.5 Å². The predicted octanol–water partition coefficient (Wildman–Crippen LogP) is 3.49. The van der Waals surface area contributed by atoms with Gasteiger partial charge in [-0.25, -0.2) is 0 Å². The van der Waals surface area contributed by atoms with Crippen LogP contribution in [-0.2, 0) is 16.1 Å². The first kappa shape index (κ1) is 22.6. The molecule has 3 aromatic rings. The first-order valence-corrected chi connectivity index (χ1v) is 11.1. The highest BCUT2D eigenvalue weighted by Crippen LogP contribution is 2.31. The number of fused-ring (bicyclic) bond motifs is 1. The van der Waals surface area contributed by atoms with Crippen molar-refractivity contribution in [3.05, 3.63) is 71.8 Å². The number of carbonyl (C=O) groups is 2. The number of benzene rings is 3. The lowest BCUT2D eigenvalue weighted by Crippen LogP contribution is -2.45. The van der Waals surface area contributed by atoms with E-state index in [2.05, 4.69) is 5.32 Å². The Labute approximate surface area is 192 Å². The van der Waals surface area contributed by atoms with Crippen molar-refractivity contribution in [2.45, 2.75) is 25.4 Å². The monoisotopic (exact) mass is 448 g/mol. The molecule has 2 amide bonds. The predicted molar refractivity (Wildman–Crippen MR) is 125 cm³/mol. The molecular weight excluding hydrogens is 420 g/mol. The van der Waals surface area contributed by atoms with Gasteiger partial charge in [-0.3, -0.25) is 9.59 Å². The molecule has 0 radical (unpaired) electrons. The molecule has 3 aromatic carbocycles. The Morgan fingerprint density at radius 2 is 1.85 bits per heavy atom. The number of nitrogens with one attached hydrogen (secondary N) is 1. The van der Waals surface area contributed by atoms with E-state index in [1.54, 1.807) is 24.1 Å². The molecular formula is C26H28N2O5. The summed E-state index contributed by atoms with van der Waals surface area (Å²) in [6.07, 6.45) is 1.34. The lowest BCUT2D eigenvalue weighted by atomic mass is 10.0. The van der Waals surface area contributed by atoms with Crippen LogP contribution in [-0.4, -0.2) is 54.7 Å². The molecule has 0 spiro atoms. The van der Waals surface area contributed by atoms with E-state index in [1.165, 1.54) is 0 Å². The first-order valence-electron chi connectivity index (χ1n) is 11.1. The van der Waals surface area contributed by atoms with Gasteiger partial charge in [-0.15, -0.1) is 0 Å². The van der Waals surface area contributed by atoms with Crippen LogP contribution >= 0.6 is 0 Å². The summed E-state index contributed by atoms with van der Waals surface area (Å²) in [4.78, 5) is 27.7. The maximum absolute atomic E-state index is 13.2. The summed E-state index contributed by atoms with van der Waals surface area (Å²) in [5, 5.41) is 15.1. The number of carbonyl (C=O) groups excluding carboxylic acids is 2. The molecule has 0 aliphatic carbocycles. The molecule has 1 atom stereocenters. The largest absolute Gasteiger partial charge is 0.506 e. The fraction of sp³-hybridized carbons (Fsp3) is 0.308. The molecule has 33 heavy (non-hydrogen) atoms. The first-order chi connectivity index (χ1) is 16.1.